The Hall–Kier alpha value is -3.56. The molecule has 33 heavy (non-hydrogen) atoms. The van der Waals surface area contributed by atoms with Gasteiger partial charge in [-0.05, 0) is 49.9 Å². The standard InChI is InChI=1S/C23H20F3N6O/c1-12-15(5-7-19(30-12)31-9-18(29-11-31)23(24,25)26)21-20(13-2-3-13)22(33)32(21)14-4-6-16-17(8-14)28-10-27-16/h4-11,13,18,20-21H,2-3H2,1H3,(H,27,28)/q+1/t18?,20-,21+/m1/s1. The molecule has 2 fully saturated rings. The number of alkyl halides is 3. The number of nitrogens with zero attached hydrogens (tertiary/aromatic N) is 5. The van der Waals surface area contributed by atoms with Gasteiger partial charge in [0.15, 0.2) is 0 Å². The van der Waals surface area contributed by atoms with Gasteiger partial charge in [0.1, 0.15) is 5.69 Å². The zero-order chi connectivity index (χ0) is 22.9. The molecular formula is C23H20F3N6O+. The lowest BCUT2D eigenvalue weighted by molar-refractivity contribution is -0.292. The fraction of sp³-hybridized carbons (Fsp3) is 0.348. The van der Waals surface area contributed by atoms with Gasteiger partial charge in [-0.2, -0.15) is 13.2 Å². The number of hydrogen-bond acceptors (Lipinski definition) is 4. The van der Waals surface area contributed by atoms with Crippen LogP contribution in [0.15, 0.2) is 41.7 Å². The van der Waals surface area contributed by atoms with Crippen LogP contribution in [-0.2, 0) is 4.79 Å². The van der Waals surface area contributed by atoms with Crippen LogP contribution in [0.25, 0.3) is 11.0 Å². The predicted molar refractivity (Wildman–Crippen MR) is 116 cm³/mol. The minimum Gasteiger partial charge on any atom is -0.345 e. The third kappa shape index (κ3) is 3.23. The quantitative estimate of drug-likeness (QED) is 0.478. The average molecular weight is 453 g/mol. The number of carbonyl (C=O) groups excluding carboxylic acids is 1. The Morgan fingerprint density at radius 1 is 1.18 bits per heavy atom. The molecule has 1 amide bonds. The number of H-pyrrole nitrogens is 1. The van der Waals surface area contributed by atoms with E-state index in [4.69, 9.17) is 0 Å². The second-order valence-electron chi connectivity index (χ2n) is 8.77. The van der Waals surface area contributed by atoms with Gasteiger partial charge in [0.2, 0.25) is 12.2 Å². The van der Waals surface area contributed by atoms with Crippen LogP contribution in [0.4, 0.5) is 24.7 Å². The van der Waals surface area contributed by atoms with Gasteiger partial charge in [0, 0.05) is 17.3 Å². The Balaban J connectivity index is 1.35. The molecule has 3 aliphatic rings. The van der Waals surface area contributed by atoms with Crippen molar-refractivity contribution in [3.63, 3.8) is 0 Å². The van der Waals surface area contributed by atoms with E-state index in [-0.39, 0.29) is 17.9 Å². The summed E-state index contributed by atoms with van der Waals surface area (Å²) in [5.41, 5.74) is 4.05. The number of amides is 1. The Bertz CT molecular complexity index is 1340. The smallest absolute Gasteiger partial charge is 0.345 e. The second kappa shape index (κ2) is 6.97. The molecule has 0 bridgehead atoms. The number of aromatic nitrogens is 3. The Morgan fingerprint density at radius 3 is 2.70 bits per heavy atom. The Kier molecular flexibility index (Phi) is 4.24. The topological polar surface area (TPSA) is 77.2 Å². The minimum atomic E-state index is -4.43. The number of β-lactam (4-membered cyclic amide) rings is 1. The molecular weight excluding hydrogens is 433 g/mol. The summed E-state index contributed by atoms with van der Waals surface area (Å²) in [6.45, 7) is 1.83. The van der Waals surface area contributed by atoms with Crippen LogP contribution in [0.2, 0.25) is 0 Å². The Labute approximate surface area is 186 Å². The number of aromatic amines is 1. The van der Waals surface area contributed by atoms with Gasteiger partial charge in [0.05, 0.1) is 35.5 Å². The fourth-order valence-corrected chi connectivity index (χ4v) is 4.81. The third-order valence-corrected chi connectivity index (χ3v) is 6.64. The van der Waals surface area contributed by atoms with Gasteiger partial charge in [0.25, 0.3) is 11.9 Å². The van der Waals surface area contributed by atoms with E-state index in [0.717, 1.165) is 47.7 Å². The van der Waals surface area contributed by atoms with Crippen LogP contribution in [0.3, 0.4) is 0 Å². The SMILES string of the molecule is Cc1nc([N+]2=CC(C(F)(F)F)N=C2)ccc1[C@H]1[C@@H](C2CC2)C(=O)N1c1ccc2nc[nH]c2c1. The van der Waals surface area contributed by atoms with Crippen molar-refractivity contribution < 1.29 is 22.5 Å². The zero-order valence-electron chi connectivity index (χ0n) is 17.6. The van der Waals surface area contributed by atoms with Gasteiger partial charge in [-0.3, -0.25) is 4.79 Å². The first-order valence-corrected chi connectivity index (χ1v) is 10.8. The lowest BCUT2D eigenvalue weighted by atomic mass is 9.78. The summed E-state index contributed by atoms with van der Waals surface area (Å²) < 4.78 is 40.2. The summed E-state index contributed by atoms with van der Waals surface area (Å²) in [5, 5.41) is 0. The molecule has 1 saturated heterocycles. The maximum atomic E-state index is 13.2. The molecule has 7 nitrogen and oxygen atoms in total. The number of anilines is 1. The van der Waals surface area contributed by atoms with Crippen LogP contribution in [0.1, 0.15) is 30.1 Å². The number of halogens is 3. The number of aryl methyl sites for hydroxylation is 1. The molecule has 1 unspecified atom stereocenters. The molecule has 10 heteroatoms. The molecule has 1 aliphatic carbocycles. The highest BCUT2D eigenvalue weighted by Crippen LogP contribution is 2.54. The van der Waals surface area contributed by atoms with Crippen molar-refractivity contribution in [2.45, 2.75) is 38.0 Å². The first-order valence-electron chi connectivity index (χ1n) is 10.8. The molecule has 6 rings (SSSR count). The highest BCUT2D eigenvalue weighted by molar-refractivity contribution is 6.04. The van der Waals surface area contributed by atoms with Crippen molar-refractivity contribution in [2.24, 2.45) is 16.8 Å². The van der Waals surface area contributed by atoms with Crippen molar-refractivity contribution in [1.29, 1.82) is 0 Å². The monoisotopic (exact) mass is 453 g/mol. The van der Waals surface area contributed by atoms with E-state index >= 15 is 0 Å². The van der Waals surface area contributed by atoms with Gasteiger partial charge < -0.3 is 9.88 Å². The summed E-state index contributed by atoms with van der Waals surface area (Å²) in [4.78, 5) is 30.4. The van der Waals surface area contributed by atoms with Crippen LogP contribution in [0.5, 0.6) is 0 Å². The van der Waals surface area contributed by atoms with Crippen LogP contribution < -0.4 is 4.90 Å². The molecule has 0 spiro atoms. The normalized spacial score (nSPS) is 25.0. The van der Waals surface area contributed by atoms with Gasteiger partial charge in [-0.1, -0.05) is 0 Å². The molecule has 2 aliphatic heterocycles. The molecule has 3 atom stereocenters. The average Bonchev–Trinajstić information content (AvgIpc) is 3.25. The number of imidazole rings is 1. The van der Waals surface area contributed by atoms with Crippen LogP contribution >= 0.6 is 0 Å². The molecule has 1 N–H and O–H groups in total. The summed E-state index contributed by atoms with van der Waals surface area (Å²) in [6.07, 6.45) is 1.40. The van der Waals surface area contributed by atoms with Crippen molar-refractivity contribution in [3.8, 4) is 0 Å². The largest absolute Gasteiger partial charge is 0.432 e. The van der Waals surface area contributed by atoms with Gasteiger partial charge in [-0.15, -0.1) is 9.98 Å². The van der Waals surface area contributed by atoms with Crippen molar-refractivity contribution in [2.75, 3.05) is 4.90 Å². The lowest BCUT2D eigenvalue weighted by Crippen LogP contribution is -2.56. The molecule has 4 heterocycles. The number of aliphatic imine (C=N–C) groups is 1. The molecule has 2 aromatic heterocycles. The van der Waals surface area contributed by atoms with E-state index < -0.39 is 12.2 Å². The van der Waals surface area contributed by atoms with Gasteiger partial charge in [-0.25, -0.2) is 9.56 Å². The van der Waals surface area contributed by atoms with E-state index in [0.29, 0.717) is 17.4 Å². The van der Waals surface area contributed by atoms with E-state index in [9.17, 15) is 18.0 Å². The number of hydrogen-bond donors (Lipinski definition) is 1. The maximum absolute atomic E-state index is 13.2. The molecule has 168 valence electrons. The van der Waals surface area contributed by atoms with Crippen molar-refractivity contribution in [1.82, 2.24) is 15.0 Å². The summed E-state index contributed by atoms with van der Waals surface area (Å²) in [6, 6.07) is 7.22. The number of carbonyl (C=O) groups is 1. The fourth-order valence-electron chi connectivity index (χ4n) is 4.81. The van der Waals surface area contributed by atoms with Crippen LogP contribution in [0, 0.1) is 18.8 Å². The summed E-state index contributed by atoms with van der Waals surface area (Å²) in [5.74, 6) is 0.715. The van der Waals surface area contributed by atoms with E-state index in [1.165, 1.54) is 4.58 Å². The highest BCUT2D eigenvalue weighted by atomic mass is 19.4. The summed E-state index contributed by atoms with van der Waals surface area (Å²) >= 11 is 0. The van der Waals surface area contributed by atoms with Crippen molar-refractivity contribution in [3.05, 3.63) is 47.9 Å². The number of benzene rings is 1. The number of nitrogens with one attached hydrogen (secondary N) is 1. The maximum Gasteiger partial charge on any atom is 0.432 e. The molecule has 0 radical (unpaired) electrons. The van der Waals surface area contributed by atoms with E-state index in [1.54, 1.807) is 17.3 Å². The van der Waals surface area contributed by atoms with Crippen LogP contribution in [-0.4, -0.2) is 50.2 Å². The first kappa shape index (κ1) is 20.1. The number of pyridine rings is 1. The van der Waals surface area contributed by atoms with Gasteiger partial charge >= 0.3 is 6.18 Å². The zero-order valence-corrected chi connectivity index (χ0v) is 17.6. The first-order chi connectivity index (χ1) is 15.8. The molecule has 1 aromatic carbocycles. The predicted octanol–water partition coefficient (Wildman–Crippen LogP) is 4.07. The summed E-state index contributed by atoms with van der Waals surface area (Å²) in [7, 11) is 0. The minimum absolute atomic E-state index is 0.0953. The van der Waals surface area contributed by atoms with E-state index in [1.807, 2.05) is 31.2 Å². The molecule has 1 saturated carbocycles. The lowest BCUT2D eigenvalue weighted by Gasteiger charge is -2.48. The Morgan fingerprint density at radius 2 is 2.00 bits per heavy atom. The number of fused-ring (bicyclic) bond motifs is 1. The highest BCUT2D eigenvalue weighted by Gasteiger charge is 2.56. The number of rotatable bonds is 4. The second-order valence-corrected chi connectivity index (χ2v) is 8.77. The van der Waals surface area contributed by atoms with Crippen molar-refractivity contribution >= 4 is 41.0 Å². The third-order valence-electron chi connectivity index (χ3n) is 6.64. The molecule has 3 aromatic rings. The van der Waals surface area contributed by atoms with E-state index in [2.05, 4.69) is 19.9 Å².